The van der Waals surface area contributed by atoms with Crippen LogP contribution in [-0.4, -0.2) is 16.3 Å². The quantitative estimate of drug-likeness (QED) is 0.471. The lowest BCUT2D eigenvalue weighted by atomic mass is 10.2. The molecule has 2 rings (SSSR count). The molecule has 0 aliphatic carbocycles. The van der Waals surface area contributed by atoms with Crippen LogP contribution in [0.3, 0.4) is 0 Å². The Morgan fingerprint density at radius 3 is 2.78 bits per heavy atom. The van der Waals surface area contributed by atoms with Crippen LogP contribution in [0.1, 0.15) is 16.3 Å². The molecule has 23 heavy (non-hydrogen) atoms. The van der Waals surface area contributed by atoms with Crippen molar-refractivity contribution in [2.24, 2.45) is 5.10 Å². The summed E-state index contributed by atoms with van der Waals surface area (Å²) in [5, 5.41) is 9.24. The number of alkyl halides is 3. The van der Waals surface area contributed by atoms with Crippen LogP contribution in [0.5, 0.6) is 0 Å². The minimum absolute atomic E-state index is 0.00873. The Morgan fingerprint density at radius 2 is 2.17 bits per heavy atom. The third-order valence-corrected chi connectivity index (χ3v) is 3.86. The van der Waals surface area contributed by atoms with Crippen LogP contribution in [0.15, 0.2) is 28.7 Å². The number of halogens is 4. The van der Waals surface area contributed by atoms with Gasteiger partial charge >= 0.3 is 6.18 Å². The smallest absolute Gasteiger partial charge is 0.330 e. The number of thiocarbonyl (C=S) groups is 1. The summed E-state index contributed by atoms with van der Waals surface area (Å²) < 4.78 is 38.0. The van der Waals surface area contributed by atoms with Crippen LogP contribution in [0.2, 0.25) is 5.02 Å². The van der Waals surface area contributed by atoms with Crippen molar-refractivity contribution in [3.63, 3.8) is 0 Å². The maximum Gasteiger partial charge on any atom is 0.416 e. The standard InChI is InChI=1S/C13H10ClF3N4S2/c1-7-19-9(6-23-7)5-18-21-12(22)20-11-4-8(13(15,16)17)2-3-10(11)14/h2-6H,1H3,(H2,20,21,22)/b18-5+. The molecule has 0 saturated carbocycles. The summed E-state index contributed by atoms with van der Waals surface area (Å²) in [6.45, 7) is 1.86. The van der Waals surface area contributed by atoms with E-state index < -0.39 is 11.7 Å². The first-order valence-corrected chi connectivity index (χ1v) is 7.81. The van der Waals surface area contributed by atoms with Crippen molar-refractivity contribution in [2.45, 2.75) is 13.1 Å². The first-order chi connectivity index (χ1) is 10.8. The zero-order chi connectivity index (χ0) is 17.0. The highest BCUT2D eigenvalue weighted by molar-refractivity contribution is 7.80. The molecule has 0 bridgehead atoms. The average Bonchev–Trinajstić information content (AvgIpc) is 2.85. The number of aromatic nitrogens is 1. The van der Waals surface area contributed by atoms with Crippen molar-refractivity contribution in [3.05, 3.63) is 44.9 Å². The lowest BCUT2D eigenvalue weighted by Gasteiger charge is -2.12. The highest BCUT2D eigenvalue weighted by Gasteiger charge is 2.31. The maximum absolute atomic E-state index is 12.7. The molecule has 4 nitrogen and oxygen atoms in total. The third kappa shape index (κ3) is 5.15. The summed E-state index contributed by atoms with van der Waals surface area (Å²) in [6, 6.07) is 2.92. The lowest BCUT2D eigenvalue weighted by molar-refractivity contribution is -0.137. The Labute approximate surface area is 144 Å². The molecule has 2 N–H and O–H groups in total. The third-order valence-electron chi connectivity index (χ3n) is 2.54. The summed E-state index contributed by atoms with van der Waals surface area (Å²) in [5.74, 6) is 0. The molecule has 1 aromatic heterocycles. The van der Waals surface area contributed by atoms with E-state index in [4.69, 9.17) is 23.8 Å². The van der Waals surface area contributed by atoms with Crippen LogP contribution in [0.4, 0.5) is 18.9 Å². The molecule has 0 amide bonds. The predicted octanol–water partition coefficient (Wildman–Crippen LogP) is 4.44. The Kier molecular flexibility index (Phi) is 5.55. The van der Waals surface area contributed by atoms with E-state index in [0.717, 1.165) is 23.2 Å². The fraction of sp³-hybridized carbons (Fsp3) is 0.154. The van der Waals surface area contributed by atoms with Gasteiger partial charge in [0.2, 0.25) is 0 Å². The van der Waals surface area contributed by atoms with Gasteiger partial charge in [-0.3, -0.25) is 5.43 Å². The number of hydrazone groups is 1. The van der Waals surface area contributed by atoms with Crippen molar-refractivity contribution >= 4 is 52.2 Å². The largest absolute Gasteiger partial charge is 0.416 e. The van der Waals surface area contributed by atoms with Crippen molar-refractivity contribution < 1.29 is 13.2 Å². The number of thiazole rings is 1. The monoisotopic (exact) mass is 378 g/mol. The molecule has 0 aliphatic rings. The molecule has 0 saturated heterocycles. The number of rotatable bonds is 3. The van der Waals surface area contributed by atoms with E-state index in [9.17, 15) is 13.2 Å². The number of benzene rings is 1. The molecule has 0 spiro atoms. The highest BCUT2D eigenvalue weighted by atomic mass is 35.5. The predicted molar refractivity (Wildman–Crippen MR) is 90.3 cm³/mol. The number of aryl methyl sites for hydroxylation is 1. The van der Waals surface area contributed by atoms with Gasteiger partial charge in [0.15, 0.2) is 5.11 Å². The Bertz CT molecular complexity index is 743. The van der Waals surface area contributed by atoms with Crippen molar-refractivity contribution in [2.75, 3.05) is 5.32 Å². The second-order valence-corrected chi connectivity index (χ2v) is 6.19. The number of hydrogen-bond donors (Lipinski definition) is 2. The zero-order valence-electron chi connectivity index (χ0n) is 11.6. The van der Waals surface area contributed by atoms with Crippen molar-refractivity contribution in [3.8, 4) is 0 Å². The summed E-state index contributed by atoms with van der Waals surface area (Å²) in [5.41, 5.74) is 2.36. The van der Waals surface area contributed by atoms with E-state index in [1.807, 2.05) is 6.92 Å². The van der Waals surface area contributed by atoms with Gasteiger partial charge in [0, 0.05) is 5.38 Å². The Balaban J connectivity index is 2.01. The lowest BCUT2D eigenvalue weighted by Crippen LogP contribution is -2.24. The molecule has 122 valence electrons. The summed E-state index contributed by atoms with van der Waals surface area (Å²) in [6.07, 6.45) is -3.01. The van der Waals surface area contributed by atoms with Crippen molar-refractivity contribution in [1.82, 2.24) is 10.4 Å². The minimum atomic E-state index is -4.46. The van der Waals surface area contributed by atoms with Crippen LogP contribution < -0.4 is 10.7 Å². The van der Waals surface area contributed by atoms with Crippen LogP contribution in [0.25, 0.3) is 0 Å². The van der Waals surface area contributed by atoms with Gasteiger partial charge in [0.05, 0.1) is 33.2 Å². The number of anilines is 1. The fourth-order valence-corrected chi connectivity index (χ4v) is 2.43. The van der Waals surface area contributed by atoms with Crippen LogP contribution in [0, 0.1) is 6.92 Å². The van der Waals surface area contributed by atoms with E-state index in [1.165, 1.54) is 17.6 Å². The first kappa shape index (κ1) is 17.6. The van der Waals surface area contributed by atoms with Gasteiger partial charge in [-0.15, -0.1) is 11.3 Å². The van der Waals surface area contributed by atoms with Gasteiger partial charge in [-0.05, 0) is 37.3 Å². The van der Waals surface area contributed by atoms with Gasteiger partial charge in [-0.25, -0.2) is 4.98 Å². The Hall–Kier alpha value is -1.71. The number of hydrogen-bond acceptors (Lipinski definition) is 4. The van der Waals surface area contributed by atoms with E-state index in [1.54, 1.807) is 5.38 Å². The summed E-state index contributed by atoms with van der Waals surface area (Å²) >= 11 is 12.3. The Morgan fingerprint density at radius 1 is 1.43 bits per heavy atom. The molecular weight excluding hydrogens is 369 g/mol. The number of nitrogens with one attached hydrogen (secondary N) is 2. The normalized spacial score (nSPS) is 11.7. The van der Waals surface area contributed by atoms with E-state index in [0.29, 0.717) is 5.69 Å². The van der Waals surface area contributed by atoms with Gasteiger partial charge in [0.25, 0.3) is 0 Å². The summed E-state index contributed by atoms with van der Waals surface area (Å²) in [4.78, 5) is 4.16. The van der Waals surface area contributed by atoms with E-state index >= 15 is 0 Å². The molecule has 0 unspecified atom stereocenters. The van der Waals surface area contributed by atoms with Crippen LogP contribution in [-0.2, 0) is 6.18 Å². The maximum atomic E-state index is 12.7. The van der Waals surface area contributed by atoms with Gasteiger partial charge in [0.1, 0.15) is 0 Å². The van der Waals surface area contributed by atoms with Crippen LogP contribution >= 0.6 is 35.2 Å². The van der Waals surface area contributed by atoms with Gasteiger partial charge in [-0.1, -0.05) is 11.6 Å². The molecule has 10 heteroatoms. The average molecular weight is 379 g/mol. The van der Waals surface area contributed by atoms with Crippen molar-refractivity contribution in [1.29, 1.82) is 0 Å². The molecule has 0 atom stereocenters. The molecule has 1 heterocycles. The fourth-order valence-electron chi connectivity index (χ4n) is 1.54. The molecule has 0 fully saturated rings. The second kappa shape index (κ2) is 7.24. The first-order valence-electron chi connectivity index (χ1n) is 6.14. The number of nitrogens with zero attached hydrogens (tertiary/aromatic N) is 2. The highest BCUT2D eigenvalue weighted by Crippen LogP contribution is 2.33. The SMILES string of the molecule is Cc1nc(/C=N/NC(=S)Nc2cc(C(F)(F)F)ccc2Cl)cs1. The molecule has 0 aliphatic heterocycles. The second-order valence-electron chi connectivity index (χ2n) is 4.31. The minimum Gasteiger partial charge on any atom is -0.330 e. The molecular formula is C13H10ClF3N4S2. The summed E-state index contributed by atoms with van der Waals surface area (Å²) in [7, 11) is 0. The molecule has 2 aromatic rings. The van der Waals surface area contributed by atoms with E-state index in [-0.39, 0.29) is 15.8 Å². The van der Waals surface area contributed by atoms with Gasteiger partial charge in [-0.2, -0.15) is 18.3 Å². The zero-order valence-corrected chi connectivity index (χ0v) is 14.0. The molecule has 1 aromatic carbocycles. The molecule has 0 radical (unpaired) electrons. The van der Waals surface area contributed by atoms with Gasteiger partial charge < -0.3 is 5.32 Å². The topological polar surface area (TPSA) is 49.3 Å². The van der Waals surface area contributed by atoms with E-state index in [2.05, 4.69) is 20.8 Å².